The van der Waals surface area contributed by atoms with Gasteiger partial charge in [-0.05, 0) is 135 Å². The number of carbonyl (C=O) groups is 5. The van der Waals surface area contributed by atoms with E-state index in [0.29, 0.717) is 32.7 Å². The Hall–Kier alpha value is -3.47. The fourth-order valence-corrected chi connectivity index (χ4v) is 8.03. The van der Waals surface area contributed by atoms with E-state index < -0.39 is 17.5 Å². The van der Waals surface area contributed by atoms with Crippen LogP contribution in [0, 0.1) is 45.3 Å². The molecule has 2 unspecified atom stereocenters. The van der Waals surface area contributed by atoms with Crippen LogP contribution in [-0.4, -0.2) is 68.0 Å². The first-order chi connectivity index (χ1) is 28.6. The monoisotopic (exact) mass is 857 g/mol. The minimum Gasteiger partial charge on any atom is -0.465 e. The predicted octanol–water partition coefficient (Wildman–Crippen LogP) is 10.4. The van der Waals surface area contributed by atoms with Crippen molar-refractivity contribution in [1.29, 1.82) is 0 Å². The molecule has 2 atom stereocenters. The first-order valence-electron chi connectivity index (χ1n) is 23.2. The lowest BCUT2D eigenvalue weighted by atomic mass is 9.54. The summed E-state index contributed by atoms with van der Waals surface area (Å²) in [7, 11) is 0. The summed E-state index contributed by atoms with van der Waals surface area (Å²) < 4.78 is 31.5. The third kappa shape index (κ3) is 15.1. The molecule has 2 aliphatic heterocycles. The number of rotatable bonds is 15. The van der Waals surface area contributed by atoms with E-state index in [9.17, 15) is 24.0 Å². The summed E-state index contributed by atoms with van der Waals surface area (Å²) in [5, 5.41) is 0. The minimum atomic E-state index is -0.687. The van der Waals surface area contributed by atoms with Gasteiger partial charge in [0.2, 0.25) is 6.10 Å². The summed E-state index contributed by atoms with van der Waals surface area (Å²) in [5.74, 6) is 1.59. The SMILES string of the molecule is CCC(C)(C)C(=O)OC12CC3CC(CC(C3)C1)C2.CCC(C)(C)C(=O)OC1CCOC1=O.CCC(C)C(=O)OCc1ccccc1.CCC1(COC(=O)C(C)(C)CC)COC1. The van der Waals surface area contributed by atoms with E-state index in [1.54, 1.807) is 13.8 Å². The van der Waals surface area contributed by atoms with Crippen molar-refractivity contribution in [2.75, 3.05) is 26.4 Å². The van der Waals surface area contributed by atoms with Crippen LogP contribution in [0.15, 0.2) is 30.3 Å². The highest BCUT2D eigenvalue weighted by atomic mass is 16.6. The van der Waals surface area contributed by atoms with E-state index in [-0.39, 0.29) is 51.6 Å². The quantitative estimate of drug-likeness (QED) is 0.123. The zero-order chi connectivity index (χ0) is 45.6. The lowest BCUT2D eigenvalue weighted by Gasteiger charge is -2.56. The maximum Gasteiger partial charge on any atom is 0.347 e. The van der Waals surface area contributed by atoms with Crippen LogP contribution in [0.1, 0.15) is 166 Å². The third-order valence-electron chi connectivity index (χ3n) is 14.1. The molecule has 346 valence electrons. The first kappa shape index (κ1) is 51.9. The number of carbonyl (C=O) groups excluding carboxylic acids is 5. The second-order valence-electron chi connectivity index (χ2n) is 20.4. The topological polar surface area (TPSA) is 141 Å². The number of cyclic esters (lactones) is 1. The first-order valence-corrected chi connectivity index (χ1v) is 23.2. The molecule has 1 aromatic carbocycles. The maximum atomic E-state index is 12.4. The normalized spacial score (nSPS) is 25.0. The Kier molecular flexibility index (Phi) is 19.3. The van der Waals surface area contributed by atoms with E-state index in [2.05, 4.69) is 13.8 Å². The second-order valence-corrected chi connectivity index (χ2v) is 20.4. The molecule has 4 bridgehead atoms. The molecule has 1 aromatic rings. The van der Waals surface area contributed by atoms with E-state index in [4.69, 9.17) is 28.4 Å². The Morgan fingerprint density at radius 1 is 0.738 bits per heavy atom. The van der Waals surface area contributed by atoms with E-state index in [1.807, 2.05) is 85.7 Å². The van der Waals surface area contributed by atoms with Gasteiger partial charge in [-0.25, -0.2) is 4.79 Å². The summed E-state index contributed by atoms with van der Waals surface area (Å²) in [5.41, 5.74) is -0.145. The molecule has 11 nitrogen and oxygen atoms in total. The van der Waals surface area contributed by atoms with Crippen molar-refractivity contribution in [1.82, 2.24) is 0 Å². The fourth-order valence-electron chi connectivity index (χ4n) is 8.03. The molecule has 0 N–H and O–H groups in total. The molecule has 0 amide bonds. The molecular formula is C50H80O11. The minimum absolute atomic E-state index is 0.00119. The Bertz CT molecular complexity index is 1530. The van der Waals surface area contributed by atoms with E-state index in [0.717, 1.165) is 81.5 Å². The Morgan fingerprint density at radius 3 is 1.67 bits per heavy atom. The Morgan fingerprint density at radius 2 is 1.25 bits per heavy atom. The van der Waals surface area contributed by atoms with Crippen LogP contribution in [0.5, 0.6) is 0 Å². The molecule has 11 heteroatoms. The largest absolute Gasteiger partial charge is 0.465 e. The standard InChI is InChI=1S/C16H26O2.C12H22O3.C12H16O2.C10H16O4/c1-4-15(2,3)14(17)18-16-8-11-5-12(9-16)7-13(6-11)10-16;1-5-11(3,4)10(13)15-9-12(6-2)7-14-8-12;1-3-10(2)12(13)14-9-11-7-5-4-6-8-11;1-4-10(2,3)9(12)14-7-5-6-13-8(7)11/h11-13H,4-10H2,1-3H3;5-9H2,1-4H3;4-8,10H,3,9H2,1-2H3;7H,4-6H2,1-3H3. The van der Waals surface area contributed by atoms with Crippen molar-refractivity contribution in [3.63, 3.8) is 0 Å². The van der Waals surface area contributed by atoms with Gasteiger partial charge in [-0.15, -0.1) is 0 Å². The van der Waals surface area contributed by atoms with Crippen molar-refractivity contribution < 1.29 is 52.4 Å². The predicted molar refractivity (Wildman–Crippen MR) is 235 cm³/mol. The molecular weight excluding hydrogens is 777 g/mol. The molecule has 4 aliphatic carbocycles. The fraction of sp³-hybridized carbons (Fsp3) is 0.780. The molecule has 4 saturated carbocycles. The molecule has 6 aliphatic rings. The van der Waals surface area contributed by atoms with Crippen LogP contribution in [0.4, 0.5) is 0 Å². The van der Waals surface area contributed by atoms with Gasteiger partial charge in [0, 0.05) is 6.42 Å². The molecule has 7 rings (SSSR count). The summed E-state index contributed by atoms with van der Waals surface area (Å²) in [6.45, 7) is 26.1. The summed E-state index contributed by atoms with van der Waals surface area (Å²) in [6, 6.07) is 9.71. The summed E-state index contributed by atoms with van der Waals surface area (Å²) in [4.78, 5) is 58.0. The van der Waals surface area contributed by atoms with Gasteiger partial charge in [0.05, 0.1) is 47.4 Å². The number of hydrogen-bond acceptors (Lipinski definition) is 11. The van der Waals surface area contributed by atoms with Crippen molar-refractivity contribution in [2.45, 2.75) is 178 Å². The molecule has 61 heavy (non-hydrogen) atoms. The highest BCUT2D eigenvalue weighted by molar-refractivity contribution is 5.82. The van der Waals surface area contributed by atoms with Gasteiger partial charge in [0.15, 0.2) is 0 Å². The van der Waals surface area contributed by atoms with Crippen molar-refractivity contribution in [3.05, 3.63) is 35.9 Å². The highest BCUT2D eigenvalue weighted by Gasteiger charge is 2.54. The Labute approximate surface area is 367 Å². The molecule has 2 heterocycles. The molecule has 0 spiro atoms. The zero-order valence-electron chi connectivity index (χ0n) is 39.8. The average molecular weight is 857 g/mol. The van der Waals surface area contributed by atoms with Crippen molar-refractivity contribution >= 4 is 29.8 Å². The summed E-state index contributed by atoms with van der Waals surface area (Å²) >= 11 is 0. The molecule has 0 radical (unpaired) electrons. The van der Waals surface area contributed by atoms with Crippen molar-refractivity contribution in [2.24, 2.45) is 45.3 Å². The van der Waals surface area contributed by atoms with Gasteiger partial charge in [-0.2, -0.15) is 0 Å². The zero-order valence-corrected chi connectivity index (χ0v) is 39.8. The lowest BCUT2D eigenvalue weighted by Crippen LogP contribution is -2.53. The van der Waals surface area contributed by atoms with Gasteiger partial charge in [0.25, 0.3) is 0 Å². The highest BCUT2D eigenvalue weighted by Crippen LogP contribution is 2.57. The van der Waals surface area contributed by atoms with Crippen LogP contribution >= 0.6 is 0 Å². The average Bonchev–Trinajstić information content (AvgIpc) is 3.62. The van der Waals surface area contributed by atoms with Crippen LogP contribution in [0.25, 0.3) is 0 Å². The van der Waals surface area contributed by atoms with Crippen LogP contribution in [-0.2, 0) is 59.0 Å². The van der Waals surface area contributed by atoms with Gasteiger partial charge < -0.3 is 28.4 Å². The smallest absolute Gasteiger partial charge is 0.347 e. The van der Waals surface area contributed by atoms with Crippen LogP contribution < -0.4 is 0 Å². The lowest BCUT2D eigenvalue weighted by molar-refractivity contribution is -0.196. The number of esters is 5. The van der Waals surface area contributed by atoms with Crippen molar-refractivity contribution in [3.8, 4) is 0 Å². The molecule has 6 fully saturated rings. The van der Waals surface area contributed by atoms with Gasteiger partial charge in [-0.1, -0.05) is 71.9 Å². The Balaban J connectivity index is 0.000000218. The number of ether oxygens (including phenoxy) is 6. The van der Waals surface area contributed by atoms with E-state index >= 15 is 0 Å². The van der Waals surface area contributed by atoms with Gasteiger partial charge >= 0.3 is 29.8 Å². The molecule has 0 aromatic heterocycles. The van der Waals surface area contributed by atoms with E-state index in [1.165, 1.54) is 19.3 Å². The van der Waals surface area contributed by atoms with Gasteiger partial charge in [0.1, 0.15) is 18.8 Å². The van der Waals surface area contributed by atoms with Crippen LogP contribution in [0.3, 0.4) is 0 Å². The van der Waals surface area contributed by atoms with Crippen LogP contribution in [0.2, 0.25) is 0 Å². The summed E-state index contributed by atoms with van der Waals surface area (Å²) in [6.07, 6.45) is 11.6. The number of hydrogen-bond donors (Lipinski definition) is 0. The maximum absolute atomic E-state index is 12.4. The molecule has 2 saturated heterocycles. The van der Waals surface area contributed by atoms with Gasteiger partial charge in [-0.3, -0.25) is 19.2 Å². The number of benzene rings is 1. The second kappa shape index (κ2) is 22.8. The third-order valence-corrected chi connectivity index (χ3v) is 14.1.